The maximum Gasteiger partial charge on any atom is 0.322 e. The van der Waals surface area contributed by atoms with E-state index in [9.17, 15) is 28.8 Å². The highest BCUT2D eigenvalue weighted by atomic mass is 16.5. The number of carbonyl (C=O) groups is 6. The highest BCUT2D eigenvalue weighted by Gasteiger charge is 2.12. The van der Waals surface area contributed by atoms with E-state index in [1.807, 2.05) is 6.92 Å². The van der Waals surface area contributed by atoms with Gasteiger partial charge >= 0.3 is 17.9 Å². The third-order valence-electron chi connectivity index (χ3n) is 6.92. The zero-order valence-corrected chi connectivity index (χ0v) is 28.9. The van der Waals surface area contributed by atoms with Crippen molar-refractivity contribution in [1.29, 1.82) is 0 Å². The molecule has 13 heteroatoms. The van der Waals surface area contributed by atoms with E-state index in [1.54, 1.807) is 6.08 Å². The van der Waals surface area contributed by atoms with Crippen molar-refractivity contribution < 1.29 is 48.8 Å². The lowest BCUT2D eigenvalue weighted by molar-refractivity contribution is -0.140. The fourth-order valence-corrected chi connectivity index (χ4v) is 3.85. The third-order valence-corrected chi connectivity index (χ3v) is 6.92. The van der Waals surface area contributed by atoms with Crippen LogP contribution in [0.15, 0.2) is 12.7 Å². The summed E-state index contributed by atoms with van der Waals surface area (Å²) in [6.45, 7) is 5.99. The average molecular weight is 732 g/mol. The van der Waals surface area contributed by atoms with Gasteiger partial charge in [-0.1, -0.05) is 67.4 Å². The van der Waals surface area contributed by atoms with Gasteiger partial charge in [0, 0.05) is 51.6 Å². The highest BCUT2D eigenvalue weighted by molar-refractivity contribution is 5.79. The Morgan fingerprint density at radius 2 is 1.06 bits per heavy atom. The summed E-state index contributed by atoms with van der Waals surface area (Å²) in [6, 6.07) is -2.52. The van der Waals surface area contributed by atoms with Gasteiger partial charge in [0.1, 0.15) is 35.5 Å². The Bertz CT molecular complexity index is 966. The number of carboxylic acid groups (broad SMARTS) is 3. The first kappa shape index (κ1) is 59.7. The van der Waals surface area contributed by atoms with Crippen LogP contribution in [0.1, 0.15) is 151 Å². The minimum absolute atomic E-state index is 0. The molecule has 0 aromatic carbocycles. The summed E-state index contributed by atoms with van der Waals surface area (Å²) in [6.07, 6.45) is 19.6. The van der Waals surface area contributed by atoms with Gasteiger partial charge in [0.25, 0.3) is 0 Å². The summed E-state index contributed by atoms with van der Waals surface area (Å²) < 4.78 is 5.05. The fraction of sp³-hybridized carbons (Fsp3) is 0.737. The largest absolute Gasteiger partial charge is 0.480 e. The number of nitrogens with two attached hydrogens (primary N) is 3. The van der Waals surface area contributed by atoms with E-state index in [0.29, 0.717) is 70.8 Å². The Balaban J connectivity index is -0.000000145. The molecule has 0 aromatic heterocycles. The SMILES string of the molecule is C.C.C.C#CCCC(=O)CCCCC[C@H](N)C(=O)O.C=CCCC(=O)CCCCC[C@H](N)C(=O)O.CCCCC(=O)CCCOC[C@H](N)C(=O)O. The number of aliphatic carboxylic acids is 3. The smallest absolute Gasteiger partial charge is 0.322 e. The number of carboxylic acids is 3. The van der Waals surface area contributed by atoms with Crippen LogP contribution in [0.25, 0.3) is 0 Å². The van der Waals surface area contributed by atoms with Crippen LogP contribution in [0.3, 0.4) is 0 Å². The molecule has 3 atom stereocenters. The molecule has 0 aliphatic rings. The van der Waals surface area contributed by atoms with E-state index in [1.165, 1.54) is 0 Å². The number of rotatable bonds is 29. The van der Waals surface area contributed by atoms with E-state index >= 15 is 0 Å². The van der Waals surface area contributed by atoms with Crippen molar-refractivity contribution in [3.63, 3.8) is 0 Å². The van der Waals surface area contributed by atoms with Gasteiger partial charge in [0.05, 0.1) is 6.61 Å². The summed E-state index contributed by atoms with van der Waals surface area (Å²) in [5, 5.41) is 25.5. The van der Waals surface area contributed by atoms with Crippen molar-refractivity contribution in [1.82, 2.24) is 0 Å². The molecule has 9 N–H and O–H groups in total. The summed E-state index contributed by atoms with van der Waals surface area (Å²) in [5.41, 5.74) is 15.9. The van der Waals surface area contributed by atoms with Gasteiger partial charge in [0.15, 0.2) is 0 Å². The van der Waals surface area contributed by atoms with Crippen LogP contribution >= 0.6 is 0 Å². The van der Waals surface area contributed by atoms with Crippen LogP contribution in [-0.4, -0.2) is 81.9 Å². The Morgan fingerprint density at radius 3 is 1.47 bits per heavy atom. The van der Waals surface area contributed by atoms with Crippen molar-refractivity contribution in [2.24, 2.45) is 17.2 Å². The normalized spacial score (nSPS) is 11.4. The number of hydrogen-bond donors (Lipinski definition) is 6. The first-order valence-electron chi connectivity index (χ1n) is 16.9. The van der Waals surface area contributed by atoms with Crippen molar-refractivity contribution in [3.8, 4) is 12.3 Å². The number of allylic oxidation sites excluding steroid dienone is 1. The average Bonchev–Trinajstić information content (AvgIpc) is 3.04. The zero-order chi connectivity index (χ0) is 37.2. The van der Waals surface area contributed by atoms with Gasteiger partial charge in [-0.15, -0.1) is 18.9 Å². The standard InChI is InChI=1S/C12H21NO3.C12H19NO3.C11H21NO4.3CH4/c2*1-2-3-7-10(14)8-5-4-6-9-11(13)12(15)16;1-2-3-5-9(13)6-4-7-16-8-10(12)11(14)15;;;/h2,11H,1,3-9,13H2,(H,15,16);1,11H,3-9,13H2,(H,15,16);10H,2-8,12H2,1H3,(H,14,15);3*1H4/t2*11-;10-;;;/m000.../s1. The molecule has 0 radical (unpaired) electrons. The van der Waals surface area contributed by atoms with E-state index < -0.39 is 36.0 Å². The number of ketones is 3. The molecule has 0 bridgehead atoms. The monoisotopic (exact) mass is 732 g/mol. The van der Waals surface area contributed by atoms with E-state index in [0.717, 1.165) is 57.8 Å². The molecule has 0 fully saturated rings. The summed E-state index contributed by atoms with van der Waals surface area (Å²) >= 11 is 0. The predicted octanol–water partition coefficient (Wildman–Crippen LogP) is 6.08. The van der Waals surface area contributed by atoms with Crippen LogP contribution in [0.2, 0.25) is 0 Å². The molecule has 0 aromatic rings. The van der Waals surface area contributed by atoms with Crippen molar-refractivity contribution in [2.75, 3.05) is 13.2 Å². The molecule has 0 amide bonds. The topological polar surface area (TPSA) is 250 Å². The predicted molar refractivity (Wildman–Crippen MR) is 205 cm³/mol. The second-order valence-corrected chi connectivity index (χ2v) is 11.5. The fourth-order valence-electron chi connectivity index (χ4n) is 3.85. The van der Waals surface area contributed by atoms with Crippen molar-refractivity contribution >= 4 is 35.3 Å². The van der Waals surface area contributed by atoms with Crippen LogP contribution in [0, 0.1) is 12.3 Å². The van der Waals surface area contributed by atoms with Crippen LogP contribution in [0.5, 0.6) is 0 Å². The minimum atomic E-state index is -1.07. The summed E-state index contributed by atoms with van der Waals surface area (Å²) in [7, 11) is 0. The van der Waals surface area contributed by atoms with Crippen LogP contribution in [-0.2, 0) is 33.5 Å². The first-order valence-corrected chi connectivity index (χ1v) is 16.9. The van der Waals surface area contributed by atoms with Gasteiger partial charge in [-0.3, -0.25) is 28.8 Å². The lowest BCUT2D eigenvalue weighted by Gasteiger charge is -2.07. The molecule has 0 aliphatic heterocycles. The van der Waals surface area contributed by atoms with Crippen LogP contribution < -0.4 is 17.2 Å². The van der Waals surface area contributed by atoms with E-state index in [2.05, 4.69) is 12.5 Å². The van der Waals surface area contributed by atoms with Crippen molar-refractivity contribution in [2.45, 2.75) is 169 Å². The molecule has 0 spiro atoms. The molecular formula is C38H73N3O10. The summed E-state index contributed by atoms with van der Waals surface area (Å²) in [5.74, 6) is 0.107. The van der Waals surface area contributed by atoms with Crippen molar-refractivity contribution in [3.05, 3.63) is 12.7 Å². The molecular weight excluding hydrogens is 658 g/mol. The molecule has 51 heavy (non-hydrogen) atoms. The number of terminal acetylenes is 1. The molecule has 0 unspecified atom stereocenters. The maximum absolute atomic E-state index is 11.2. The Morgan fingerprint density at radius 1 is 0.647 bits per heavy atom. The molecule has 0 rings (SSSR count). The van der Waals surface area contributed by atoms with Gasteiger partial charge in [-0.25, -0.2) is 0 Å². The quantitative estimate of drug-likeness (QED) is 0.0290. The molecule has 0 aliphatic carbocycles. The molecule has 13 nitrogen and oxygen atoms in total. The lowest BCUT2D eigenvalue weighted by atomic mass is 10.0. The van der Waals surface area contributed by atoms with Gasteiger partial charge in [0.2, 0.25) is 0 Å². The minimum Gasteiger partial charge on any atom is -0.480 e. The lowest BCUT2D eigenvalue weighted by Crippen LogP contribution is -2.35. The second-order valence-electron chi connectivity index (χ2n) is 11.5. The Kier molecular flexibility index (Phi) is 50.0. The Labute approximate surface area is 308 Å². The van der Waals surface area contributed by atoms with E-state index in [-0.39, 0.29) is 46.2 Å². The number of ether oxygens (including phenoxy) is 1. The number of unbranched alkanes of at least 4 members (excludes halogenated alkanes) is 5. The van der Waals surface area contributed by atoms with E-state index in [4.69, 9.17) is 43.7 Å². The van der Waals surface area contributed by atoms with Gasteiger partial charge < -0.3 is 37.3 Å². The second kappa shape index (κ2) is 42.7. The molecule has 300 valence electrons. The third kappa shape index (κ3) is 46.6. The number of Topliss-reactive ketones (excluding diaryl/α,β-unsaturated/α-hetero) is 3. The molecule has 0 saturated carbocycles. The Hall–Kier alpha value is -3.44. The first-order chi connectivity index (χ1) is 22.7. The van der Waals surface area contributed by atoms with Crippen LogP contribution in [0.4, 0.5) is 0 Å². The summed E-state index contributed by atoms with van der Waals surface area (Å²) in [4.78, 5) is 64.8. The van der Waals surface area contributed by atoms with Gasteiger partial charge in [-0.2, -0.15) is 0 Å². The highest BCUT2D eigenvalue weighted by Crippen LogP contribution is 2.08. The molecule has 0 saturated heterocycles. The number of hydrogen-bond acceptors (Lipinski definition) is 10. The zero-order valence-electron chi connectivity index (χ0n) is 28.9. The maximum atomic E-state index is 11.2. The van der Waals surface area contributed by atoms with Gasteiger partial charge in [-0.05, 0) is 44.9 Å². The number of carbonyl (C=O) groups excluding carboxylic acids is 3. The molecule has 0 heterocycles.